The van der Waals surface area contributed by atoms with Crippen LogP contribution in [0.4, 0.5) is 5.95 Å². The van der Waals surface area contributed by atoms with E-state index >= 15 is 0 Å². The summed E-state index contributed by atoms with van der Waals surface area (Å²) in [5.41, 5.74) is 2.59. The molecule has 26 heavy (non-hydrogen) atoms. The molecule has 3 aromatic rings. The predicted molar refractivity (Wildman–Crippen MR) is 98.2 cm³/mol. The van der Waals surface area contributed by atoms with E-state index in [1.165, 1.54) is 11.2 Å². The van der Waals surface area contributed by atoms with Crippen LogP contribution in [0.15, 0.2) is 59.4 Å². The minimum absolute atomic E-state index is 0.136. The zero-order valence-corrected chi connectivity index (χ0v) is 14.6. The molecule has 2 aromatic heterocycles. The highest BCUT2D eigenvalue weighted by Crippen LogP contribution is 2.44. The van der Waals surface area contributed by atoms with Crippen LogP contribution in [0.5, 0.6) is 5.75 Å². The lowest BCUT2D eigenvalue weighted by Gasteiger charge is -2.34. The summed E-state index contributed by atoms with van der Waals surface area (Å²) < 4.78 is 1.74. The Balaban J connectivity index is 1.62. The minimum Gasteiger partial charge on any atom is -0.508 e. The Bertz CT molecular complexity index is 1000. The van der Waals surface area contributed by atoms with Gasteiger partial charge in [0.1, 0.15) is 18.1 Å². The summed E-state index contributed by atoms with van der Waals surface area (Å²) in [6.45, 7) is 0. The molecule has 7 heteroatoms. The molecule has 0 bridgehead atoms. The standard InChI is InChI=1S/C19H16N4O2S/c24-13-5-3-11(4-6-13)18-17-14(22-19-20-10-21-23(18)19)8-12(9-15(17)25)16-2-1-7-26-16/h1-7,10,12,18,24H,8-9H2,(H,20,21,22)/t12-,18-/m1/s1. The molecule has 2 N–H and O–H groups in total. The van der Waals surface area contributed by atoms with Crippen molar-refractivity contribution in [3.8, 4) is 5.75 Å². The van der Waals surface area contributed by atoms with E-state index < -0.39 is 0 Å². The number of anilines is 1. The number of aromatic nitrogens is 3. The molecule has 0 radical (unpaired) electrons. The molecule has 2 aliphatic rings. The molecule has 0 saturated heterocycles. The van der Waals surface area contributed by atoms with E-state index in [0.29, 0.717) is 12.4 Å². The number of Topliss-reactive ketones (excluding diaryl/α,β-unsaturated/α-hetero) is 1. The quantitative estimate of drug-likeness (QED) is 0.728. The van der Waals surface area contributed by atoms with Gasteiger partial charge in [0, 0.05) is 28.5 Å². The number of carbonyl (C=O) groups is 1. The molecule has 0 spiro atoms. The molecule has 1 aliphatic carbocycles. The number of hydrogen-bond donors (Lipinski definition) is 2. The van der Waals surface area contributed by atoms with Crippen LogP contribution in [0, 0.1) is 0 Å². The zero-order chi connectivity index (χ0) is 17.7. The van der Waals surface area contributed by atoms with Gasteiger partial charge in [-0.15, -0.1) is 11.3 Å². The van der Waals surface area contributed by atoms with Crippen LogP contribution < -0.4 is 5.32 Å². The number of phenols is 1. The van der Waals surface area contributed by atoms with Gasteiger partial charge >= 0.3 is 0 Å². The van der Waals surface area contributed by atoms with Crippen molar-refractivity contribution in [2.24, 2.45) is 0 Å². The summed E-state index contributed by atoms with van der Waals surface area (Å²) in [5, 5.41) is 19.3. The predicted octanol–water partition coefficient (Wildman–Crippen LogP) is 3.46. The monoisotopic (exact) mass is 364 g/mol. The molecule has 3 heterocycles. The number of allylic oxidation sites excluding steroid dienone is 2. The largest absolute Gasteiger partial charge is 0.508 e. The first kappa shape index (κ1) is 15.3. The highest BCUT2D eigenvalue weighted by atomic mass is 32.1. The van der Waals surface area contributed by atoms with Gasteiger partial charge in [-0.1, -0.05) is 18.2 Å². The fourth-order valence-electron chi connectivity index (χ4n) is 3.84. The first-order chi connectivity index (χ1) is 12.7. The maximum atomic E-state index is 13.1. The van der Waals surface area contributed by atoms with Crippen molar-refractivity contribution >= 4 is 23.1 Å². The van der Waals surface area contributed by atoms with Crippen LogP contribution >= 0.6 is 11.3 Å². The first-order valence-corrected chi connectivity index (χ1v) is 9.34. The van der Waals surface area contributed by atoms with Gasteiger partial charge in [0.05, 0.1) is 0 Å². The van der Waals surface area contributed by atoms with E-state index in [1.54, 1.807) is 28.2 Å². The summed E-state index contributed by atoms with van der Waals surface area (Å²) in [4.78, 5) is 18.7. The fraction of sp³-hybridized carbons (Fsp3) is 0.211. The Morgan fingerprint density at radius 2 is 2.04 bits per heavy atom. The number of nitrogens with one attached hydrogen (secondary N) is 1. The third kappa shape index (κ3) is 2.35. The van der Waals surface area contributed by atoms with E-state index in [4.69, 9.17) is 0 Å². The van der Waals surface area contributed by atoms with Crippen LogP contribution in [0.2, 0.25) is 0 Å². The van der Waals surface area contributed by atoms with Crippen molar-refractivity contribution in [3.63, 3.8) is 0 Å². The summed E-state index contributed by atoms with van der Waals surface area (Å²) in [7, 11) is 0. The van der Waals surface area contributed by atoms with Crippen molar-refractivity contribution in [3.05, 3.63) is 69.8 Å². The second-order valence-electron chi connectivity index (χ2n) is 6.58. The Morgan fingerprint density at radius 3 is 2.81 bits per heavy atom. The van der Waals surface area contributed by atoms with Crippen LogP contribution in [-0.4, -0.2) is 25.7 Å². The van der Waals surface area contributed by atoms with Gasteiger partial charge in [0.2, 0.25) is 5.95 Å². The highest BCUT2D eigenvalue weighted by molar-refractivity contribution is 7.10. The van der Waals surface area contributed by atoms with Gasteiger partial charge in [-0.05, 0) is 35.6 Å². The summed E-state index contributed by atoms with van der Waals surface area (Å²) in [6, 6.07) is 10.7. The van der Waals surface area contributed by atoms with Gasteiger partial charge in [-0.25, -0.2) is 4.68 Å². The Hall–Kier alpha value is -2.93. The van der Waals surface area contributed by atoms with E-state index in [1.807, 2.05) is 23.6 Å². The number of aromatic hydroxyl groups is 1. The van der Waals surface area contributed by atoms with E-state index in [0.717, 1.165) is 23.3 Å². The molecular weight excluding hydrogens is 348 g/mol. The van der Waals surface area contributed by atoms with Crippen molar-refractivity contribution in [1.82, 2.24) is 14.8 Å². The molecule has 130 valence electrons. The number of phenolic OH excluding ortho intramolecular Hbond substituents is 1. The lowest BCUT2D eigenvalue weighted by Crippen LogP contribution is -2.33. The normalized spacial score (nSPS) is 21.9. The smallest absolute Gasteiger partial charge is 0.226 e. The number of nitrogens with zero attached hydrogens (tertiary/aromatic N) is 3. The molecular formula is C19H16N4O2S. The minimum atomic E-state index is -0.318. The van der Waals surface area contributed by atoms with Gasteiger partial charge in [0.25, 0.3) is 0 Å². The molecule has 0 fully saturated rings. The average molecular weight is 364 g/mol. The van der Waals surface area contributed by atoms with Crippen LogP contribution in [0.3, 0.4) is 0 Å². The van der Waals surface area contributed by atoms with Gasteiger partial charge in [0.15, 0.2) is 5.78 Å². The maximum Gasteiger partial charge on any atom is 0.226 e. The number of ketones is 1. The van der Waals surface area contributed by atoms with E-state index in [2.05, 4.69) is 21.5 Å². The lowest BCUT2D eigenvalue weighted by molar-refractivity contribution is -0.116. The number of thiophene rings is 1. The van der Waals surface area contributed by atoms with Crippen molar-refractivity contribution in [2.45, 2.75) is 24.8 Å². The number of benzene rings is 1. The summed E-state index contributed by atoms with van der Waals surface area (Å²) in [6.07, 6.45) is 2.78. The average Bonchev–Trinajstić information content (AvgIpc) is 3.32. The molecule has 6 nitrogen and oxygen atoms in total. The van der Waals surface area contributed by atoms with Crippen LogP contribution in [0.1, 0.15) is 35.2 Å². The molecule has 0 amide bonds. The lowest BCUT2D eigenvalue weighted by atomic mass is 9.80. The zero-order valence-electron chi connectivity index (χ0n) is 13.8. The summed E-state index contributed by atoms with van der Waals surface area (Å²) in [5.74, 6) is 1.17. The fourth-order valence-corrected chi connectivity index (χ4v) is 4.67. The molecule has 0 unspecified atom stereocenters. The number of rotatable bonds is 2. The molecule has 0 saturated carbocycles. The van der Waals surface area contributed by atoms with Crippen LogP contribution in [-0.2, 0) is 4.79 Å². The van der Waals surface area contributed by atoms with Gasteiger partial charge < -0.3 is 10.4 Å². The van der Waals surface area contributed by atoms with Crippen LogP contribution in [0.25, 0.3) is 0 Å². The number of hydrogen-bond acceptors (Lipinski definition) is 6. The topological polar surface area (TPSA) is 80.0 Å². The third-order valence-electron chi connectivity index (χ3n) is 5.02. The Labute approximate surface area is 153 Å². The molecule has 2 atom stereocenters. The molecule has 5 rings (SSSR count). The number of carbonyl (C=O) groups excluding carboxylic acids is 1. The second kappa shape index (κ2) is 5.81. The van der Waals surface area contributed by atoms with Crippen molar-refractivity contribution < 1.29 is 9.90 Å². The Morgan fingerprint density at radius 1 is 1.19 bits per heavy atom. The third-order valence-corrected chi connectivity index (χ3v) is 6.05. The van der Waals surface area contributed by atoms with E-state index in [9.17, 15) is 9.90 Å². The molecule has 1 aliphatic heterocycles. The molecule has 1 aromatic carbocycles. The maximum absolute atomic E-state index is 13.1. The Kier molecular flexibility index (Phi) is 3.43. The van der Waals surface area contributed by atoms with Crippen molar-refractivity contribution in [2.75, 3.05) is 5.32 Å². The van der Waals surface area contributed by atoms with Crippen molar-refractivity contribution in [1.29, 1.82) is 0 Å². The van der Waals surface area contributed by atoms with Gasteiger partial charge in [-0.3, -0.25) is 4.79 Å². The highest BCUT2D eigenvalue weighted by Gasteiger charge is 2.39. The second-order valence-corrected chi connectivity index (χ2v) is 7.56. The van der Waals surface area contributed by atoms with E-state index in [-0.39, 0.29) is 23.5 Å². The first-order valence-electron chi connectivity index (χ1n) is 8.46. The summed E-state index contributed by atoms with van der Waals surface area (Å²) >= 11 is 1.69. The van der Waals surface area contributed by atoms with Gasteiger partial charge in [-0.2, -0.15) is 10.1 Å². The SMILES string of the molecule is O=C1C[C@H](c2cccs2)CC2=C1[C@@H](c1ccc(O)cc1)n1ncnc1N2. The number of fused-ring (bicyclic) bond motifs is 1.